The molecule has 0 unspecified atom stereocenters. The van der Waals surface area contributed by atoms with Crippen molar-refractivity contribution in [3.8, 4) is 5.75 Å². The Morgan fingerprint density at radius 3 is 2.73 bits per heavy atom. The molecule has 0 saturated carbocycles. The SMILES string of the molecule is Nc1c(Cl)c(Cl)nc(C(=O)N/N=C\c2cccc(O)c2)c1Cl. The van der Waals surface area contributed by atoms with E-state index in [4.69, 9.17) is 40.5 Å². The number of aromatic hydroxyl groups is 1. The van der Waals surface area contributed by atoms with Crippen molar-refractivity contribution in [3.63, 3.8) is 0 Å². The Kier molecular flexibility index (Phi) is 5.07. The average molecular weight is 360 g/mol. The number of carbonyl (C=O) groups is 1. The number of nitrogens with two attached hydrogens (primary N) is 1. The number of hydrogen-bond donors (Lipinski definition) is 3. The zero-order valence-corrected chi connectivity index (χ0v) is 13.1. The largest absolute Gasteiger partial charge is 0.508 e. The highest BCUT2D eigenvalue weighted by Crippen LogP contribution is 2.34. The van der Waals surface area contributed by atoms with E-state index in [1.807, 2.05) is 0 Å². The molecular weight excluding hydrogens is 351 g/mol. The molecule has 0 saturated heterocycles. The van der Waals surface area contributed by atoms with E-state index in [2.05, 4.69) is 15.5 Å². The predicted octanol–water partition coefficient (Wildman–Crippen LogP) is 3.09. The van der Waals surface area contributed by atoms with Gasteiger partial charge in [0.05, 0.1) is 16.9 Å². The first-order chi connectivity index (χ1) is 10.4. The van der Waals surface area contributed by atoms with Crippen molar-refractivity contribution in [3.05, 3.63) is 50.7 Å². The Hall–Kier alpha value is -2.02. The molecule has 9 heteroatoms. The van der Waals surface area contributed by atoms with E-state index in [-0.39, 0.29) is 32.3 Å². The van der Waals surface area contributed by atoms with Crippen molar-refractivity contribution in [2.24, 2.45) is 5.10 Å². The summed E-state index contributed by atoms with van der Waals surface area (Å²) in [6.45, 7) is 0. The van der Waals surface area contributed by atoms with Crippen LogP contribution >= 0.6 is 34.8 Å². The number of amides is 1. The van der Waals surface area contributed by atoms with E-state index in [0.717, 1.165) is 0 Å². The average Bonchev–Trinajstić information content (AvgIpc) is 2.48. The number of nitrogens with zero attached hydrogens (tertiary/aromatic N) is 2. The smallest absolute Gasteiger partial charge is 0.291 e. The van der Waals surface area contributed by atoms with Crippen LogP contribution in [0, 0.1) is 0 Å². The molecule has 4 N–H and O–H groups in total. The highest BCUT2D eigenvalue weighted by Gasteiger charge is 2.19. The molecule has 2 aromatic rings. The fourth-order valence-corrected chi connectivity index (χ4v) is 2.10. The van der Waals surface area contributed by atoms with Crippen LogP contribution in [0.3, 0.4) is 0 Å². The summed E-state index contributed by atoms with van der Waals surface area (Å²) in [5, 5.41) is 12.8. The van der Waals surface area contributed by atoms with Crippen molar-refractivity contribution in [2.45, 2.75) is 0 Å². The van der Waals surface area contributed by atoms with Crippen molar-refractivity contribution in [1.82, 2.24) is 10.4 Å². The second kappa shape index (κ2) is 6.83. The number of phenolic OH excluding ortho intramolecular Hbond substituents is 1. The lowest BCUT2D eigenvalue weighted by Crippen LogP contribution is -2.20. The molecule has 0 bridgehead atoms. The number of carbonyl (C=O) groups excluding carboxylic acids is 1. The summed E-state index contributed by atoms with van der Waals surface area (Å²) >= 11 is 17.4. The number of anilines is 1. The number of pyridine rings is 1. The third-order valence-electron chi connectivity index (χ3n) is 2.54. The molecule has 1 aromatic heterocycles. The maximum atomic E-state index is 12.0. The predicted molar refractivity (Wildman–Crippen MR) is 86.8 cm³/mol. The van der Waals surface area contributed by atoms with Gasteiger partial charge in [0.2, 0.25) is 0 Å². The third kappa shape index (κ3) is 3.59. The molecular formula is C13H9Cl3N4O2. The minimum absolute atomic E-state index is 0.0218. The number of nitrogens with one attached hydrogen (secondary N) is 1. The van der Waals surface area contributed by atoms with Crippen LogP contribution in [-0.4, -0.2) is 22.2 Å². The molecule has 1 heterocycles. The molecule has 22 heavy (non-hydrogen) atoms. The van der Waals surface area contributed by atoms with Gasteiger partial charge in [-0.2, -0.15) is 5.10 Å². The quantitative estimate of drug-likeness (QED) is 0.445. The van der Waals surface area contributed by atoms with Crippen LogP contribution in [0.25, 0.3) is 0 Å². The number of halogens is 3. The maximum Gasteiger partial charge on any atom is 0.291 e. The van der Waals surface area contributed by atoms with Crippen molar-refractivity contribution in [2.75, 3.05) is 5.73 Å². The summed E-state index contributed by atoms with van der Waals surface area (Å²) in [4.78, 5) is 15.7. The van der Waals surface area contributed by atoms with Crippen molar-refractivity contribution >= 4 is 52.6 Å². The number of nitrogen functional groups attached to an aromatic ring is 1. The summed E-state index contributed by atoms with van der Waals surface area (Å²) in [5.74, 6) is -0.621. The van der Waals surface area contributed by atoms with E-state index < -0.39 is 5.91 Å². The van der Waals surface area contributed by atoms with Gasteiger partial charge in [0.25, 0.3) is 5.91 Å². The normalized spacial score (nSPS) is 10.9. The first kappa shape index (κ1) is 16.4. The molecule has 0 atom stereocenters. The lowest BCUT2D eigenvalue weighted by molar-refractivity contribution is 0.0950. The first-order valence-electron chi connectivity index (χ1n) is 5.82. The standard InChI is InChI=1S/C13H9Cl3N4O2/c14-8-10(17)9(15)12(16)19-11(8)13(22)20-18-5-6-2-1-3-7(21)4-6/h1-5,21H,(H2,17,19)(H,20,22)/b18-5-. The summed E-state index contributed by atoms with van der Waals surface area (Å²) < 4.78 is 0. The number of hydrogen-bond acceptors (Lipinski definition) is 5. The van der Waals surface area contributed by atoms with Gasteiger partial charge < -0.3 is 10.8 Å². The lowest BCUT2D eigenvalue weighted by atomic mass is 10.2. The molecule has 114 valence electrons. The van der Waals surface area contributed by atoms with E-state index >= 15 is 0 Å². The van der Waals surface area contributed by atoms with Gasteiger partial charge in [-0.25, -0.2) is 10.4 Å². The number of hydrazone groups is 1. The second-order valence-corrected chi connectivity index (χ2v) is 5.20. The Balaban J connectivity index is 2.17. The highest BCUT2D eigenvalue weighted by atomic mass is 35.5. The van der Waals surface area contributed by atoms with Crippen LogP contribution in [0.5, 0.6) is 5.75 Å². The topological polar surface area (TPSA) is 101 Å². The van der Waals surface area contributed by atoms with Gasteiger partial charge >= 0.3 is 0 Å². The summed E-state index contributed by atoms with van der Waals surface area (Å²) in [6.07, 6.45) is 1.34. The number of aromatic nitrogens is 1. The van der Waals surface area contributed by atoms with Crippen LogP contribution in [0.2, 0.25) is 15.2 Å². The van der Waals surface area contributed by atoms with E-state index in [9.17, 15) is 9.90 Å². The summed E-state index contributed by atoms with van der Waals surface area (Å²) in [6, 6.07) is 6.31. The van der Waals surface area contributed by atoms with Crippen LogP contribution < -0.4 is 11.2 Å². The van der Waals surface area contributed by atoms with Crippen LogP contribution in [0.1, 0.15) is 16.1 Å². The van der Waals surface area contributed by atoms with Gasteiger partial charge in [0.15, 0.2) is 10.8 Å². The fourth-order valence-electron chi connectivity index (χ4n) is 1.51. The minimum atomic E-state index is -0.702. The molecule has 0 aliphatic rings. The minimum Gasteiger partial charge on any atom is -0.508 e. The van der Waals surface area contributed by atoms with E-state index in [0.29, 0.717) is 5.56 Å². The first-order valence-corrected chi connectivity index (χ1v) is 6.96. The van der Waals surface area contributed by atoms with Gasteiger partial charge in [-0.1, -0.05) is 46.9 Å². The van der Waals surface area contributed by atoms with E-state index in [1.165, 1.54) is 18.3 Å². The molecule has 0 fully saturated rings. The second-order valence-electron chi connectivity index (χ2n) is 4.09. The van der Waals surface area contributed by atoms with Gasteiger partial charge in [-0.15, -0.1) is 0 Å². The van der Waals surface area contributed by atoms with Gasteiger partial charge in [0.1, 0.15) is 10.8 Å². The van der Waals surface area contributed by atoms with E-state index in [1.54, 1.807) is 12.1 Å². The highest BCUT2D eigenvalue weighted by molar-refractivity contribution is 6.46. The Bertz CT molecular complexity index is 765. The third-order valence-corrected chi connectivity index (χ3v) is 3.67. The van der Waals surface area contributed by atoms with Crippen LogP contribution in [0.15, 0.2) is 29.4 Å². The van der Waals surface area contributed by atoms with Crippen molar-refractivity contribution < 1.29 is 9.90 Å². The summed E-state index contributed by atoms with van der Waals surface area (Å²) in [5.41, 5.74) is 8.21. The molecule has 0 spiro atoms. The number of phenols is 1. The van der Waals surface area contributed by atoms with Crippen LogP contribution in [0.4, 0.5) is 5.69 Å². The Morgan fingerprint density at radius 1 is 1.32 bits per heavy atom. The fraction of sp³-hybridized carbons (Fsp3) is 0. The number of benzene rings is 1. The molecule has 6 nitrogen and oxygen atoms in total. The zero-order valence-electron chi connectivity index (χ0n) is 10.8. The molecule has 1 aromatic carbocycles. The molecule has 0 aliphatic heterocycles. The van der Waals surface area contributed by atoms with Gasteiger partial charge in [-0.3, -0.25) is 4.79 Å². The van der Waals surface area contributed by atoms with Gasteiger partial charge in [-0.05, 0) is 17.7 Å². The zero-order chi connectivity index (χ0) is 16.3. The van der Waals surface area contributed by atoms with Crippen molar-refractivity contribution in [1.29, 1.82) is 0 Å². The molecule has 0 radical (unpaired) electrons. The maximum absolute atomic E-state index is 12.0. The summed E-state index contributed by atoms with van der Waals surface area (Å²) in [7, 11) is 0. The van der Waals surface area contributed by atoms with Gasteiger partial charge in [0, 0.05) is 0 Å². The molecule has 0 aliphatic carbocycles. The molecule has 1 amide bonds. The molecule has 2 rings (SSSR count). The monoisotopic (exact) mass is 358 g/mol. The Morgan fingerprint density at radius 2 is 2.05 bits per heavy atom. The number of rotatable bonds is 3. The van der Waals surface area contributed by atoms with Crippen LogP contribution in [-0.2, 0) is 0 Å². The Labute approximate surface area is 140 Å². The lowest BCUT2D eigenvalue weighted by Gasteiger charge is -2.07.